The summed E-state index contributed by atoms with van der Waals surface area (Å²) >= 11 is 0. The second-order valence-electron chi connectivity index (χ2n) is 5.19. The van der Waals surface area contributed by atoms with Crippen molar-refractivity contribution < 1.29 is 9.84 Å². The SMILES string of the molecule is OC(CNc1cnc2ccccc2n1)CN1CCOCC1. The fourth-order valence-electron chi connectivity index (χ4n) is 2.41. The Morgan fingerprint density at radius 2 is 2.00 bits per heavy atom. The molecule has 1 unspecified atom stereocenters. The molecule has 6 nitrogen and oxygen atoms in total. The van der Waals surface area contributed by atoms with Gasteiger partial charge in [0, 0.05) is 26.2 Å². The van der Waals surface area contributed by atoms with Crippen molar-refractivity contribution in [2.45, 2.75) is 6.10 Å². The van der Waals surface area contributed by atoms with Crippen LogP contribution in [0.15, 0.2) is 30.5 Å². The largest absolute Gasteiger partial charge is 0.390 e. The second kappa shape index (κ2) is 6.80. The first-order chi connectivity index (χ1) is 10.3. The average Bonchev–Trinajstić information content (AvgIpc) is 2.54. The van der Waals surface area contributed by atoms with Crippen molar-refractivity contribution in [3.63, 3.8) is 0 Å². The number of morpholine rings is 1. The smallest absolute Gasteiger partial charge is 0.145 e. The number of hydrogen-bond acceptors (Lipinski definition) is 6. The maximum atomic E-state index is 10.1. The molecular formula is C15H20N4O2. The lowest BCUT2D eigenvalue weighted by molar-refractivity contribution is 0.0171. The Morgan fingerprint density at radius 3 is 2.81 bits per heavy atom. The van der Waals surface area contributed by atoms with Crippen molar-refractivity contribution in [1.29, 1.82) is 0 Å². The molecule has 0 aliphatic carbocycles. The van der Waals surface area contributed by atoms with Gasteiger partial charge in [-0.15, -0.1) is 0 Å². The molecule has 1 aliphatic rings. The van der Waals surface area contributed by atoms with Crippen LogP contribution in [-0.2, 0) is 4.74 Å². The Kier molecular flexibility index (Phi) is 4.59. The number of β-amino-alcohol motifs (C(OH)–C–C–N with tert-alkyl or cyclic N) is 1. The van der Waals surface area contributed by atoms with E-state index in [-0.39, 0.29) is 0 Å². The molecule has 1 saturated heterocycles. The highest BCUT2D eigenvalue weighted by Crippen LogP contribution is 2.11. The number of nitrogens with zero attached hydrogens (tertiary/aromatic N) is 3. The molecule has 3 rings (SSSR count). The first-order valence-corrected chi connectivity index (χ1v) is 7.25. The molecule has 1 aromatic heterocycles. The molecule has 2 N–H and O–H groups in total. The molecule has 0 amide bonds. The van der Waals surface area contributed by atoms with Crippen LogP contribution in [-0.4, -0.2) is 65.5 Å². The molecule has 1 fully saturated rings. The number of rotatable bonds is 5. The summed E-state index contributed by atoms with van der Waals surface area (Å²) in [5, 5.41) is 13.2. The van der Waals surface area contributed by atoms with Crippen molar-refractivity contribution in [2.75, 3.05) is 44.7 Å². The van der Waals surface area contributed by atoms with E-state index >= 15 is 0 Å². The highest BCUT2D eigenvalue weighted by molar-refractivity contribution is 5.75. The summed E-state index contributed by atoms with van der Waals surface area (Å²) in [5.41, 5.74) is 1.72. The summed E-state index contributed by atoms with van der Waals surface area (Å²) < 4.78 is 5.29. The van der Waals surface area contributed by atoms with Crippen molar-refractivity contribution in [2.24, 2.45) is 0 Å². The second-order valence-corrected chi connectivity index (χ2v) is 5.19. The average molecular weight is 288 g/mol. The molecule has 21 heavy (non-hydrogen) atoms. The number of benzene rings is 1. The number of nitrogens with one attached hydrogen (secondary N) is 1. The first kappa shape index (κ1) is 14.2. The number of hydrogen-bond donors (Lipinski definition) is 2. The minimum atomic E-state index is -0.434. The molecule has 1 aromatic carbocycles. The molecule has 0 bridgehead atoms. The Hall–Kier alpha value is -1.76. The molecule has 0 spiro atoms. The zero-order chi connectivity index (χ0) is 14.5. The van der Waals surface area contributed by atoms with E-state index in [0.29, 0.717) is 18.9 Å². The van der Waals surface area contributed by atoms with Gasteiger partial charge in [-0.2, -0.15) is 0 Å². The van der Waals surface area contributed by atoms with E-state index in [4.69, 9.17) is 4.74 Å². The number of anilines is 1. The molecule has 112 valence electrons. The van der Waals surface area contributed by atoms with E-state index in [0.717, 1.165) is 37.3 Å². The summed E-state index contributed by atoms with van der Waals surface area (Å²) in [6.07, 6.45) is 1.26. The lowest BCUT2D eigenvalue weighted by Gasteiger charge is -2.28. The number of aromatic nitrogens is 2. The van der Waals surface area contributed by atoms with Crippen LogP contribution in [0.1, 0.15) is 0 Å². The quantitative estimate of drug-likeness (QED) is 0.845. The van der Waals surface area contributed by atoms with E-state index in [1.54, 1.807) is 6.20 Å². The van der Waals surface area contributed by atoms with Gasteiger partial charge in [0.05, 0.1) is 36.5 Å². The van der Waals surface area contributed by atoms with Gasteiger partial charge < -0.3 is 15.2 Å². The molecule has 2 aromatic rings. The van der Waals surface area contributed by atoms with Crippen LogP contribution in [0, 0.1) is 0 Å². The predicted octanol–water partition coefficient (Wildman–Crippen LogP) is 0.735. The highest BCUT2D eigenvalue weighted by Gasteiger charge is 2.14. The van der Waals surface area contributed by atoms with Crippen molar-refractivity contribution in [3.05, 3.63) is 30.5 Å². The molecule has 0 radical (unpaired) electrons. The van der Waals surface area contributed by atoms with Gasteiger partial charge in [-0.1, -0.05) is 12.1 Å². The molecule has 1 atom stereocenters. The van der Waals surface area contributed by atoms with E-state index in [1.165, 1.54) is 0 Å². The minimum absolute atomic E-state index is 0.434. The summed E-state index contributed by atoms with van der Waals surface area (Å²) in [5.74, 6) is 0.690. The molecule has 0 saturated carbocycles. The van der Waals surface area contributed by atoms with E-state index in [9.17, 15) is 5.11 Å². The van der Waals surface area contributed by atoms with Crippen LogP contribution in [0.3, 0.4) is 0 Å². The number of aliphatic hydroxyl groups excluding tert-OH is 1. The van der Waals surface area contributed by atoms with Crippen molar-refractivity contribution in [3.8, 4) is 0 Å². The Morgan fingerprint density at radius 1 is 1.24 bits per heavy atom. The Labute approximate surface area is 123 Å². The first-order valence-electron chi connectivity index (χ1n) is 7.25. The summed E-state index contributed by atoms with van der Waals surface area (Å²) in [4.78, 5) is 11.0. The summed E-state index contributed by atoms with van der Waals surface area (Å²) in [6.45, 7) is 4.37. The van der Waals surface area contributed by atoms with Gasteiger partial charge >= 0.3 is 0 Å². The van der Waals surface area contributed by atoms with Crippen LogP contribution in [0.25, 0.3) is 11.0 Å². The molecular weight excluding hydrogens is 268 g/mol. The lowest BCUT2D eigenvalue weighted by atomic mass is 10.3. The van der Waals surface area contributed by atoms with Crippen LogP contribution in [0.5, 0.6) is 0 Å². The summed E-state index contributed by atoms with van der Waals surface area (Å²) in [7, 11) is 0. The normalized spacial score (nSPS) is 17.8. The van der Waals surface area contributed by atoms with E-state index < -0.39 is 6.10 Å². The standard InChI is InChI=1S/C15H20N4O2/c20-12(11-19-5-7-21-8-6-19)9-17-15-10-16-13-3-1-2-4-14(13)18-15/h1-4,10,12,20H,5-9,11H2,(H,17,18). The van der Waals surface area contributed by atoms with Gasteiger partial charge in [0.25, 0.3) is 0 Å². The third-order valence-electron chi connectivity index (χ3n) is 3.54. The van der Waals surface area contributed by atoms with Crippen LogP contribution in [0.4, 0.5) is 5.82 Å². The van der Waals surface area contributed by atoms with Gasteiger partial charge in [-0.3, -0.25) is 9.88 Å². The van der Waals surface area contributed by atoms with Crippen LogP contribution < -0.4 is 5.32 Å². The lowest BCUT2D eigenvalue weighted by Crippen LogP contribution is -2.42. The fraction of sp³-hybridized carbons (Fsp3) is 0.467. The number of ether oxygens (including phenoxy) is 1. The maximum Gasteiger partial charge on any atom is 0.145 e. The molecule has 1 aliphatic heterocycles. The monoisotopic (exact) mass is 288 g/mol. The topological polar surface area (TPSA) is 70.5 Å². The van der Waals surface area contributed by atoms with Gasteiger partial charge in [0.1, 0.15) is 5.82 Å². The number of aliphatic hydroxyl groups is 1. The van der Waals surface area contributed by atoms with Gasteiger partial charge in [0.15, 0.2) is 0 Å². The zero-order valence-corrected chi connectivity index (χ0v) is 11.9. The predicted molar refractivity (Wildman–Crippen MR) is 81.3 cm³/mol. The third-order valence-corrected chi connectivity index (χ3v) is 3.54. The number of fused-ring (bicyclic) bond motifs is 1. The van der Waals surface area contributed by atoms with E-state index in [2.05, 4.69) is 20.2 Å². The van der Waals surface area contributed by atoms with Crippen molar-refractivity contribution in [1.82, 2.24) is 14.9 Å². The zero-order valence-electron chi connectivity index (χ0n) is 11.9. The number of para-hydroxylation sites is 2. The van der Waals surface area contributed by atoms with Gasteiger partial charge in [-0.05, 0) is 12.1 Å². The van der Waals surface area contributed by atoms with Crippen LogP contribution >= 0.6 is 0 Å². The maximum absolute atomic E-state index is 10.1. The van der Waals surface area contributed by atoms with Gasteiger partial charge in [0.2, 0.25) is 0 Å². The van der Waals surface area contributed by atoms with Gasteiger partial charge in [-0.25, -0.2) is 4.98 Å². The molecule has 2 heterocycles. The Balaban J connectivity index is 1.53. The fourth-order valence-corrected chi connectivity index (χ4v) is 2.41. The van der Waals surface area contributed by atoms with E-state index in [1.807, 2.05) is 24.3 Å². The van der Waals surface area contributed by atoms with Crippen molar-refractivity contribution >= 4 is 16.9 Å². The third kappa shape index (κ3) is 3.87. The summed E-state index contributed by atoms with van der Waals surface area (Å²) in [6, 6.07) is 7.74. The Bertz CT molecular complexity index is 587. The minimum Gasteiger partial charge on any atom is -0.390 e. The molecule has 6 heteroatoms. The highest BCUT2D eigenvalue weighted by atomic mass is 16.5. The van der Waals surface area contributed by atoms with Crippen LogP contribution in [0.2, 0.25) is 0 Å².